The highest BCUT2D eigenvalue weighted by atomic mass is 16.5. The van der Waals surface area contributed by atoms with Crippen LogP contribution < -0.4 is 10.1 Å². The predicted octanol–water partition coefficient (Wildman–Crippen LogP) is 3.08. The van der Waals surface area contributed by atoms with E-state index in [0.717, 1.165) is 24.0 Å². The van der Waals surface area contributed by atoms with Crippen LogP contribution in [0.25, 0.3) is 0 Å². The summed E-state index contributed by atoms with van der Waals surface area (Å²) in [5.74, 6) is 1.62. The first kappa shape index (κ1) is 11.2. The maximum atomic E-state index is 5.79. The van der Waals surface area contributed by atoms with Crippen LogP contribution in [-0.4, -0.2) is 18.6 Å². The third-order valence-corrected chi connectivity index (χ3v) is 3.21. The summed E-state index contributed by atoms with van der Waals surface area (Å²) in [6.45, 7) is 0.842. The fourth-order valence-corrected chi connectivity index (χ4v) is 2.20. The molecule has 0 amide bonds. The quantitative estimate of drug-likeness (QED) is 0.846. The van der Waals surface area contributed by atoms with E-state index in [2.05, 4.69) is 10.3 Å². The minimum Gasteiger partial charge on any atom is -0.492 e. The third kappa shape index (κ3) is 3.12. The van der Waals surface area contributed by atoms with Crippen molar-refractivity contribution in [1.82, 2.24) is 4.98 Å². The largest absolute Gasteiger partial charge is 0.492 e. The zero-order chi connectivity index (χ0) is 11.2. The van der Waals surface area contributed by atoms with Gasteiger partial charge in [0.2, 0.25) is 0 Å². The minimum absolute atomic E-state index is 0.743. The van der Waals surface area contributed by atoms with Gasteiger partial charge < -0.3 is 10.1 Å². The van der Waals surface area contributed by atoms with Crippen molar-refractivity contribution in [2.45, 2.75) is 32.1 Å². The SMILES string of the molecule is CNc1cncc(OCC2CCCCC2)c1. The maximum absolute atomic E-state index is 5.79. The molecule has 1 aromatic heterocycles. The van der Waals surface area contributed by atoms with Gasteiger partial charge in [0.25, 0.3) is 0 Å². The highest BCUT2D eigenvalue weighted by Crippen LogP contribution is 2.24. The molecule has 16 heavy (non-hydrogen) atoms. The first-order chi connectivity index (χ1) is 7.88. The van der Waals surface area contributed by atoms with Gasteiger partial charge in [0, 0.05) is 13.1 Å². The van der Waals surface area contributed by atoms with E-state index >= 15 is 0 Å². The molecule has 1 aliphatic carbocycles. The first-order valence-electron chi connectivity index (χ1n) is 6.14. The Morgan fingerprint density at radius 2 is 2.12 bits per heavy atom. The van der Waals surface area contributed by atoms with Gasteiger partial charge in [-0.1, -0.05) is 19.3 Å². The maximum Gasteiger partial charge on any atom is 0.139 e. The van der Waals surface area contributed by atoms with Crippen molar-refractivity contribution in [2.24, 2.45) is 5.92 Å². The van der Waals surface area contributed by atoms with Gasteiger partial charge in [-0.25, -0.2) is 0 Å². The molecule has 3 heteroatoms. The average molecular weight is 220 g/mol. The van der Waals surface area contributed by atoms with Crippen LogP contribution in [0.1, 0.15) is 32.1 Å². The van der Waals surface area contributed by atoms with Gasteiger partial charge in [-0.2, -0.15) is 0 Å². The van der Waals surface area contributed by atoms with E-state index in [0.29, 0.717) is 0 Å². The smallest absolute Gasteiger partial charge is 0.139 e. The van der Waals surface area contributed by atoms with Crippen molar-refractivity contribution in [3.05, 3.63) is 18.5 Å². The van der Waals surface area contributed by atoms with E-state index in [1.165, 1.54) is 32.1 Å². The van der Waals surface area contributed by atoms with Crippen LogP contribution in [0.2, 0.25) is 0 Å². The van der Waals surface area contributed by atoms with Gasteiger partial charge in [0.05, 0.1) is 24.7 Å². The number of hydrogen-bond acceptors (Lipinski definition) is 3. The van der Waals surface area contributed by atoms with Crippen molar-refractivity contribution >= 4 is 5.69 Å². The summed E-state index contributed by atoms with van der Waals surface area (Å²) in [5.41, 5.74) is 1.00. The molecule has 0 bridgehead atoms. The van der Waals surface area contributed by atoms with Crippen molar-refractivity contribution < 1.29 is 4.74 Å². The molecule has 0 spiro atoms. The second-order valence-corrected chi connectivity index (χ2v) is 4.47. The summed E-state index contributed by atoms with van der Waals surface area (Å²) >= 11 is 0. The lowest BCUT2D eigenvalue weighted by Crippen LogP contribution is -2.15. The summed E-state index contributed by atoms with van der Waals surface area (Å²) in [6, 6.07) is 2.00. The Bertz CT molecular complexity index is 321. The van der Waals surface area contributed by atoms with Crippen molar-refractivity contribution in [1.29, 1.82) is 0 Å². The van der Waals surface area contributed by atoms with E-state index in [9.17, 15) is 0 Å². The molecule has 1 aromatic rings. The van der Waals surface area contributed by atoms with E-state index in [4.69, 9.17) is 4.74 Å². The molecule has 1 N–H and O–H groups in total. The zero-order valence-electron chi connectivity index (χ0n) is 9.91. The van der Waals surface area contributed by atoms with Crippen LogP contribution in [0, 0.1) is 5.92 Å². The van der Waals surface area contributed by atoms with Crippen molar-refractivity contribution in [3.63, 3.8) is 0 Å². The molecule has 1 saturated carbocycles. The van der Waals surface area contributed by atoms with Crippen LogP contribution in [0.15, 0.2) is 18.5 Å². The van der Waals surface area contributed by atoms with Gasteiger partial charge in [-0.15, -0.1) is 0 Å². The molecule has 0 aromatic carbocycles. The Kier molecular flexibility index (Phi) is 4.03. The molecule has 0 saturated heterocycles. The van der Waals surface area contributed by atoms with Crippen LogP contribution in [0.3, 0.4) is 0 Å². The number of aromatic nitrogens is 1. The van der Waals surface area contributed by atoms with Crippen LogP contribution in [-0.2, 0) is 0 Å². The van der Waals surface area contributed by atoms with Gasteiger partial charge in [0.15, 0.2) is 0 Å². The van der Waals surface area contributed by atoms with E-state index < -0.39 is 0 Å². The summed E-state index contributed by atoms with van der Waals surface area (Å²) < 4.78 is 5.79. The Morgan fingerprint density at radius 3 is 2.88 bits per heavy atom. The van der Waals surface area contributed by atoms with Gasteiger partial charge in [-0.05, 0) is 18.8 Å². The highest BCUT2D eigenvalue weighted by molar-refractivity contribution is 5.44. The second-order valence-electron chi connectivity index (χ2n) is 4.47. The lowest BCUT2D eigenvalue weighted by molar-refractivity contribution is 0.208. The number of nitrogens with zero attached hydrogens (tertiary/aromatic N) is 1. The molecule has 2 rings (SSSR count). The fourth-order valence-electron chi connectivity index (χ4n) is 2.20. The topological polar surface area (TPSA) is 34.2 Å². The number of nitrogens with one attached hydrogen (secondary N) is 1. The zero-order valence-corrected chi connectivity index (χ0v) is 9.91. The molecule has 88 valence electrons. The van der Waals surface area contributed by atoms with Gasteiger partial charge >= 0.3 is 0 Å². The Morgan fingerprint density at radius 1 is 1.31 bits per heavy atom. The van der Waals surface area contributed by atoms with Gasteiger partial charge in [0.1, 0.15) is 5.75 Å². The summed E-state index contributed by atoms with van der Waals surface area (Å²) in [6.07, 6.45) is 10.3. The molecule has 1 heterocycles. The Balaban J connectivity index is 1.83. The van der Waals surface area contributed by atoms with E-state index in [1.807, 2.05) is 13.1 Å². The molecule has 1 fully saturated rings. The number of hydrogen-bond donors (Lipinski definition) is 1. The number of ether oxygens (including phenoxy) is 1. The van der Waals surface area contributed by atoms with Crippen LogP contribution in [0.4, 0.5) is 5.69 Å². The molecule has 1 aliphatic rings. The number of pyridine rings is 1. The second kappa shape index (κ2) is 5.73. The number of anilines is 1. The third-order valence-electron chi connectivity index (χ3n) is 3.21. The standard InChI is InChI=1S/C13H20N2O/c1-14-12-7-13(9-15-8-12)16-10-11-5-3-2-4-6-11/h7-9,11,14H,2-6,10H2,1H3. The predicted molar refractivity (Wildman–Crippen MR) is 65.9 cm³/mol. The molecule has 0 atom stereocenters. The summed E-state index contributed by atoms with van der Waals surface area (Å²) in [7, 11) is 1.89. The number of rotatable bonds is 4. The Labute approximate surface area is 97.2 Å². The average Bonchev–Trinajstić information content (AvgIpc) is 2.38. The van der Waals surface area contributed by atoms with Crippen LogP contribution in [0.5, 0.6) is 5.75 Å². The lowest BCUT2D eigenvalue weighted by atomic mass is 9.90. The van der Waals surface area contributed by atoms with Crippen molar-refractivity contribution in [3.8, 4) is 5.75 Å². The Hall–Kier alpha value is -1.25. The monoisotopic (exact) mass is 220 g/mol. The molecular formula is C13H20N2O. The molecule has 0 unspecified atom stereocenters. The molecular weight excluding hydrogens is 200 g/mol. The summed E-state index contributed by atoms with van der Waals surface area (Å²) in [4.78, 5) is 4.13. The van der Waals surface area contributed by atoms with Gasteiger partial charge in [-0.3, -0.25) is 4.98 Å². The van der Waals surface area contributed by atoms with Crippen LogP contribution >= 0.6 is 0 Å². The first-order valence-corrected chi connectivity index (χ1v) is 6.14. The summed E-state index contributed by atoms with van der Waals surface area (Å²) in [5, 5.41) is 3.06. The highest BCUT2D eigenvalue weighted by Gasteiger charge is 2.13. The lowest BCUT2D eigenvalue weighted by Gasteiger charge is -2.21. The fraction of sp³-hybridized carbons (Fsp3) is 0.615. The molecule has 3 nitrogen and oxygen atoms in total. The normalized spacial score (nSPS) is 17.1. The van der Waals surface area contributed by atoms with E-state index in [-0.39, 0.29) is 0 Å². The molecule has 0 aliphatic heterocycles. The minimum atomic E-state index is 0.743. The van der Waals surface area contributed by atoms with Crippen molar-refractivity contribution in [2.75, 3.05) is 19.0 Å². The molecule has 0 radical (unpaired) electrons. The van der Waals surface area contributed by atoms with E-state index in [1.54, 1.807) is 12.4 Å².